The van der Waals surface area contributed by atoms with Crippen molar-refractivity contribution < 1.29 is 31.5 Å². The summed E-state index contributed by atoms with van der Waals surface area (Å²) in [6.07, 6.45) is 29.0. The molecule has 0 heterocycles. The van der Waals surface area contributed by atoms with Gasteiger partial charge in [-0.25, -0.2) is 0 Å². The molecule has 0 atom stereocenters. The third-order valence-corrected chi connectivity index (χ3v) is 9.26. The van der Waals surface area contributed by atoms with Crippen molar-refractivity contribution in [3.05, 3.63) is 149 Å². The molecule has 0 radical (unpaired) electrons. The number of aryl methyl sites for hydroxylation is 2. The van der Waals surface area contributed by atoms with Crippen LogP contribution in [0.4, 0.5) is 0 Å². The van der Waals surface area contributed by atoms with E-state index in [2.05, 4.69) is 73.0 Å². The third kappa shape index (κ3) is 24.2. The van der Waals surface area contributed by atoms with E-state index in [0.717, 1.165) is 18.4 Å². The van der Waals surface area contributed by atoms with Gasteiger partial charge in [-0.05, 0) is 83.9 Å². The van der Waals surface area contributed by atoms with E-state index in [1.54, 1.807) is 54.6 Å². The molecule has 0 bridgehead atoms. The van der Waals surface area contributed by atoms with Crippen molar-refractivity contribution in [3.8, 4) is 11.5 Å². The van der Waals surface area contributed by atoms with Gasteiger partial charge in [0.25, 0.3) is 5.87 Å². The largest absolute Gasteiger partial charge is 0.508 e. The number of nitrogens with zero attached hydrogens (tertiary/aromatic N) is 2. The number of hydrogen-bond donors (Lipinski definition) is 2. The average molecular weight is 774 g/mol. The maximum Gasteiger partial charge on any atom is 0.299 e. The summed E-state index contributed by atoms with van der Waals surface area (Å²) in [7, 11) is 0. The number of benzene rings is 4. The second-order valence-corrected chi connectivity index (χ2v) is 13.9. The van der Waals surface area contributed by atoms with Crippen molar-refractivity contribution in [1.29, 1.82) is 0 Å². The van der Waals surface area contributed by atoms with E-state index in [1.165, 1.54) is 131 Å². The first-order valence-electron chi connectivity index (χ1n) is 20.4. The Labute approximate surface area is 338 Å². The Balaban J connectivity index is 0.000000800. The zero-order chi connectivity index (χ0) is 38.0. The van der Waals surface area contributed by atoms with E-state index < -0.39 is 0 Å². The van der Waals surface area contributed by atoms with Crippen LogP contribution in [0.1, 0.15) is 145 Å². The Morgan fingerprint density at radius 3 is 1.22 bits per heavy atom. The molecule has 0 saturated heterocycles. The van der Waals surface area contributed by atoms with Crippen LogP contribution >= 0.6 is 0 Å². The molecule has 2 N–H and O–H groups in total. The van der Waals surface area contributed by atoms with Crippen LogP contribution in [-0.4, -0.2) is 20.9 Å². The molecule has 0 saturated carbocycles. The summed E-state index contributed by atoms with van der Waals surface area (Å²) in [5, 5.41) is 17.3. The second kappa shape index (κ2) is 33.4. The Kier molecular flexibility index (Phi) is 29.7. The molecule has 0 unspecified atom stereocenters. The molecule has 0 spiro atoms. The van der Waals surface area contributed by atoms with Gasteiger partial charge in [-0.1, -0.05) is 195 Å². The van der Waals surface area contributed by atoms with Crippen LogP contribution in [0, 0.1) is 0 Å². The minimum Gasteiger partial charge on any atom is -0.508 e. The van der Waals surface area contributed by atoms with E-state index >= 15 is 0 Å². The molecule has 0 aliphatic carbocycles. The van der Waals surface area contributed by atoms with Crippen molar-refractivity contribution in [2.24, 2.45) is 0 Å². The Bertz CT molecular complexity index is 1560. The third-order valence-electron chi connectivity index (χ3n) is 9.26. The maximum absolute atomic E-state index is 8.87. The molecular formula is C49H66N2NiO2. The minimum absolute atomic E-state index is 0. The fraction of sp³-hybridized carbons (Fsp3) is 0.429. The standard InChI is InChI=1S/C37H54N2.2C6H6O.Ni/c1-3-5-7-9-11-12-13-14-15-17-19-24-34-26-21-28-36(32-34)37(29-22-30-39-38)35-27-20-25-33(31-35)23-18-16-10-8-6-4-2;2*7-6-4-2-1-3-5-6;/h20-22,25-29,31-32H,3-19,23-24H2,1-2H3;2*1-5,7H;. The molecule has 4 aromatic rings. The molecule has 0 fully saturated rings. The van der Waals surface area contributed by atoms with E-state index in [-0.39, 0.29) is 16.5 Å². The summed E-state index contributed by atoms with van der Waals surface area (Å²) in [5.74, 6) is 3.20. The van der Waals surface area contributed by atoms with Crippen molar-refractivity contribution in [1.82, 2.24) is 0 Å². The van der Waals surface area contributed by atoms with Crippen LogP contribution in [0.5, 0.6) is 11.5 Å². The van der Waals surface area contributed by atoms with Gasteiger partial charge in [-0.2, -0.15) is 0 Å². The first-order valence-corrected chi connectivity index (χ1v) is 20.4. The van der Waals surface area contributed by atoms with Gasteiger partial charge in [0, 0.05) is 16.5 Å². The van der Waals surface area contributed by atoms with E-state index in [4.69, 9.17) is 15.7 Å². The molecule has 4 rings (SSSR count). The smallest absolute Gasteiger partial charge is 0.299 e. The summed E-state index contributed by atoms with van der Waals surface area (Å²) < 4.78 is 0. The summed E-state index contributed by atoms with van der Waals surface area (Å²) in [6, 6.07) is 35.4. The van der Waals surface area contributed by atoms with Crippen LogP contribution in [0.3, 0.4) is 0 Å². The summed E-state index contributed by atoms with van der Waals surface area (Å²) >= 11 is 0. The SMILES string of the molecule is CCCCCCCCCCCCCc1cccc(C(=CC=C=[N+]=[N-])c2cccc(CCCCCCCC)c2)c1.Oc1ccccc1.Oc1ccccc1.[Ni]. The zero-order valence-electron chi connectivity index (χ0n) is 33.1. The topological polar surface area (TPSA) is 76.9 Å². The van der Waals surface area contributed by atoms with Gasteiger partial charge in [-0.15, -0.1) is 4.79 Å². The predicted octanol–water partition coefficient (Wildman–Crippen LogP) is 14.1. The van der Waals surface area contributed by atoms with Crippen LogP contribution < -0.4 is 0 Å². The molecular weight excluding hydrogens is 707 g/mol. The van der Waals surface area contributed by atoms with Crippen molar-refractivity contribution in [2.45, 2.75) is 136 Å². The fourth-order valence-electron chi connectivity index (χ4n) is 6.26. The van der Waals surface area contributed by atoms with Crippen molar-refractivity contribution in [3.63, 3.8) is 0 Å². The number of hydrogen-bond acceptors (Lipinski definition) is 2. The van der Waals surface area contributed by atoms with Gasteiger partial charge in [0.1, 0.15) is 11.5 Å². The maximum atomic E-state index is 8.87. The molecule has 5 heteroatoms. The molecule has 4 aromatic carbocycles. The summed E-state index contributed by atoms with van der Waals surface area (Å²) in [4.78, 5) is 3.04. The van der Waals surface area contributed by atoms with Gasteiger partial charge in [0.15, 0.2) is 0 Å². The molecule has 0 amide bonds. The minimum atomic E-state index is 0. The molecule has 0 aromatic heterocycles. The average Bonchev–Trinajstić information content (AvgIpc) is 3.18. The number of rotatable bonds is 22. The first kappa shape index (κ1) is 47.9. The van der Waals surface area contributed by atoms with Crippen LogP contribution in [-0.2, 0) is 29.3 Å². The van der Waals surface area contributed by atoms with Gasteiger partial charge < -0.3 is 15.7 Å². The Morgan fingerprint density at radius 1 is 0.519 bits per heavy atom. The quantitative estimate of drug-likeness (QED) is 0.0208. The van der Waals surface area contributed by atoms with E-state index in [9.17, 15) is 0 Å². The van der Waals surface area contributed by atoms with Crippen molar-refractivity contribution >= 4 is 11.4 Å². The van der Waals surface area contributed by atoms with Gasteiger partial charge in [-0.3, -0.25) is 0 Å². The Morgan fingerprint density at radius 2 is 0.889 bits per heavy atom. The van der Waals surface area contributed by atoms with Crippen LogP contribution in [0.15, 0.2) is 121 Å². The normalized spacial score (nSPS) is 10.4. The van der Waals surface area contributed by atoms with Gasteiger partial charge >= 0.3 is 0 Å². The zero-order valence-corrected chi connectivity index (χ0v) is 34.1. The molecule has 294 valence electrons. The van der Waals surface area contributed by atoms with E-state index in [1.807, 2.05) is 18.2 Å². The van der Waals surface area contributed by atoms with Gasteiger partial charge in [0.05, 0.1) is 6.08 Å². The molecule has 54 heavy (non-hydrogen) atoms. The number of para-hydroxylation sites is 2. The number of aromatic hydroxyl groups is 2. The number of phenols is 2. The number of phenolic OH excluding ortho intramolecular Hbond substituents is 2. The monoisotopic (exact) mass is 772 g/mol. The van der Waals surface area contributed by atoms with Gasteiger partial charge in [0.2, 0.25) is 0 Å². The predicted molar refractivity (Wildman–Crippen MR) is 227 cm³/mol. The van der Waals surface area contributed by atoms with Crippen LogP contribution in [0.25, 0.3) is 11.1 Å². The number of unbranched alkanes of at least 4 members (excludes halogenated alkanes) is 15. The summed E-state index contributed by atoms with van der Waals surface area (Å²) in [6.45, 7) is 4.56. The summed E-state index contributed by atoms with van der Waals surface area (Å²) in [5.41, 5.74) is 15.2. The molecule has 4 nitrogen and oxygen atoms in total. The van der Waals surface area contributed by atoms with Crippen LogP contribution in [0.2, 0.25) is 0 Å². The first-order chi connectivity index (χ1) is 26.1. The Hall–Kier alpha value is -4.13. The number of allylic oxidation sites excluding steroid dienone is 2. The molecule has 0 aliphatic rings. The second-order valence-electron chi connectivity index (χ2n) is 13.9. The molecule has 0 aliphatic heterocycles. The van der Waals surface area contributed by atoms with Crippen molar-refractivity contribution in [2.75, 3.05) is 0 Å². The fourth-order valence-corrected chi connectivity index (χ4v) is 6.26. The van der Waals surface area contributed by atoms with E-state index in [0.29, 0.717) is 11.5 Å².